The van der Waals surface area contributed by atoms with Gasteiger partial charge in [0.25, 0.3) is 0 Å². The molecule has 1 amide bonds. The highest BCUT2D eigenvalue weighted by Crippen LogP contribution is 2.09. The van der Waals surface area contributed by atoms with E-state index in [9.17, 15) is 4.79 Å². The molecule has 1 aromatic carbocycles. The van der Waals surface area contributed by atoms with E-state index in [2.05, 4.69) is 24.7 Å². The third-order valence-corrected chi connectivity index (χ3v) is 2.20. The molecule has 0 saturated carbocycles. The van der Waals surface area contributed by atoms with Gasteiger partial charge in [0.1, 0.15) is 0 Å². The maximum absolute atomic E-state index is 11.2. The highest BCUT2D eigenvalue weighted by molar-refractivity contribution is 5.78. The molecule has 14 heavy (non-hydrogen) atoms. The van der Waals surface area contributed by atoms with Crippen molar-refractivity contribution in [2.24, 2.45) is 0 Å². The van der Waals surface area contributed by atoms with Gasteiger partial charge in [-0.1, -0.05) is 18.2 Å². The molecule has 0 saturated heterocycles. The normalized spacial score (nSPS) is 9.93. The number of amides is 1. The number of hydrogen-bond donors (Lipinski definition) is 2. The van der Waals surface area contributed by atoms with Gasteiger partial charge in [-0.25, -0.2) is 5.43 Å². The lowest BCUT2D eigenvalue weighted by Crippen LogP contribution is -2.35. The highest BCUT2D eigenvalue weighted by atomic mass is 16.2. The van der Waals surface area contributed by atoms with E-state index < -0.39 is 0 Å². The molecule has 0 atom stereocenters. The summed E-state index contributed by atoms with van der Waals surface area (Å²) in [5, 5.41) is 0. The van der Waals surface area contributed by atoms with Crippen molar-refractivity contribution in [3.63, 3.8) is 0 Å². The summed E-state index contributed by atoms with van der Waals surface area (Å²) in [5.41, 5.74) is 8.67. The maximum atomic E-state index is 11.2. The van der Waals surface area contributed by atoms with Gasteiger partial charge in [-0.2, -0.15) is 0 Å². The van der Waals surface area contributed by atoms with Crippen LogP contribution in [0.25, 0.3) is 0 Å². The molecule has 3 nitrogen and oxygen atoms in total. The van der Waals surface area contributed by atoms with Crippen LogP contribution < -0.4 is 10.9 Å². The molecule has 2 N–H and O–H groups in total. The fourth-order valence-corrected chi connectivity index (χ4v) is 1.28. The van der Waals surface area contributed by atoms with E-state index in [0.29, 0.717) is 6.42 Å². The molecular weight excluding hydrogens is 176 g/mol. The average molecular weight is 192 g/mol. The molecule has 1 rings (SSSR count). The van der Waals surface area contributed by atoms with E-state index in [0.717, 1.165) is 5.56 Å². The monoisotopic (exact) mass is 192 g/mol. The molecular formula is C11H16N2O. The number of carbonyl (C=O) groups excluding carboxylic acids is 1. The van der Waals surface area contributed by atoms with Gasteiger partial charge < -0.3 is 0 Å². The largest absolute Gasteiger partial charge is 0.292 e. The minimum Gasteiger partial charge on any atom is -0.292 e. The molecule has 0 bridgehead atoms. The minimum atomic E-state index is -0.0178. The first-order valence-corrected chi connectivity index (χ1v) is 4.65. The van der Waals surface area contributed by atoms with Crippen LogP contribution in [0.4, 0.5) is 0 Å². The van der Waals surface area contributed by atoms with Crippen LogP contribution in [-0.4, -0.2) is 13.0 Å². The van der Waals surface area contributed by atoms with E-state index in [1.807, 2.05) is 18.2 Å². The lowest BCUT2D eigenvalue weighted by atomic mass is 10.0. The van der Waals surface area contributed by atoms with Gasteiger partial charge in [-0.05, 0) is 30.5 Å². The molecule has 0 aliphatic carbocycles. The van der Waals surface area contributed by atoms with Crippen LogP contribution in [0, 0.1) is 13.8 Å². The number of nitrogens with one attached hydrogen (secondary N) is 2. The van der Waals surface area contributed by atoms with Crippen LogP contribution in [0.3, 0.4) is 0 Å². The Morgan fingerprint density at radius 3 is 2.57 bits per heavy atom. The summed E-state index contributed by atoms with van der Waals surface area (Å²) in [6, 6.07) is 6.07. The molecule has 3 heteroatoms. The van der Waals surface area contributed by atoms with E-state index in [-0.39, 0.29) is 5.91 Å². The topological polar surface area (TPSA) is 41.1 Å². The molecule has 0 aromatic heterocycles. The van der Waals surface area contributed by atoms with Gasteiger partial charge in [0.2, 0.25) is 5.91 Å². The zero-order valence-electron chi connectivity index (χ0n) is 8.85. The Morgan fingerprint density at radius 1 is 1.29 bits per heavy atom. The Labute approximate surface area is 84.5 Å². The number of benzene rings is 1. The molecule has 0 radical (unpaired) electrons. The van der Waals surface area contributed by atoms with Crippen molar-refractivity contribution in [2.75, 3.05) is 7.05 Å². The first kappa shape index (κ1) is 10.7. The second-order valence-electron chi connectivity index (χ2n) is 3.39. The summed E-state index contributed by atoms with van der Waals surface area (Å²) >= 11 is 0. The lowest BCUT2D eigenvalue weighted by Gasteiger charge is -2.05. The molecule has 0 fully saturated rings. The lowest BCUT2D eigenvalue weighted by molar-refractivity contribution is -0.121. The second kappa shape index (κ2) is 4.77. The zero-order valence-corrected chi connectivity index (χ0v) is 8.85. The Morgan fingerprint density at radius 2 is 2.00 bits per heavy atom. The van der Waals surface area contributed by atoms with Crippen LogP contribution in [0.5, 0.6) is 0 Å². The van der Waals surface area contributed by atoms with Gasteiger partial charge in [0, 0.05) is 7.05 Å². The van der Waals surface area contributed by atoms with Gasteiger partial charge in [0.15, 0.2) is 0 Å². The molecule has 0 aliphatic rings. The molecule has 0 unspecified atom stereocenters. The molecule has 0 heterocycles. The van der Waals surface area contributed by atoms with Crippen molar-refractivity contribution in [1.82, 2.24) is 10.9 Å². The Kier molecular flexibility index (Phi) is 3.65. The average Bonchev–Trinajstić information content (AvgIpc) is 2.12. The molecule has 76 valence electrons. The molecule has 0 spiro atoms. The van der Waals surface area contributed by atoms with Crippen LogP contribution in [0.15, 0.2) is 18.2 Å². The number of hydrazine groups is 1. The van der Waals surface area contributed by atoms with Crippen LogP contribution in [0.1, 0.15) is 16.7 Å². The SMILES string of the molecule is CNNC(=O)Cc1ccc(C)c(C)c1. The van der Waals surface area contributed by atoms with E-state index >= 15 is 0 Å². The first-order valence-electron chi connectivity index (χ1n) is 4.65. The van der Waals surface area contributed by atoms with Crippen molar-refractivity contribution < 1.29 is 4.79 Å². The minimum absolute atomic E-state index is 0.0178. The van der Waals surface area contributed by atoms with Gasteiger partial charge in [-0.15, -0.1) is 0 Å². The number of hydrogen-bond acceptors (Lipinski definition) is 2. The van der Waals surface area contributed by atoms with Crippen molar-refractivity contribution in [3.8, 4) is 0 Å². The fraction of sp³-hybridized carbons (Fsp3) is 0.364. The predicted molar refractivity (Wildman–Crippen MR) is 56.8 cm³/mol. The highest BCUT2D eigenvalue weighted by Gasteiger charge is 2.02. The van der Waals surface area contributed by atoms with Crippen molar-refractivity contribution in [2.45, 2.75) is 20.3 Å². The van der Waals surface area contributed by atoms with Gasteiger partial charge in [0.05, 0.1) is 6.42 Å². The summed E-state index contributed by atoms with van der Waals surface area (Å²) in [6.45, 7) is 4.11. The van der Waals surface area contributed by atoms with Gasteiger partial charge in [-0.3, -0.25) is 10.2 Å². The first-order chi connectivity index (χ1) is 6.63. The van der Waals surface area contributed by atoms with E-state index in [1.54, 1.807) is 7.05 Å². The van der Waals surface area contributed by atoms with Crippen LogP contribution >= 0.6 is 0 Å². The maximum Gasteiger partial charge on any atom is 0.238 e. The number of rotatable bonds is 3. The molecule has 0 aliphatic heterocycles. The van der Waals surface area contributed by atoms with E-state index in [4.69, 9.17) is 0 Å². The fourth-order valence-electron chi connectivity index (χ4n) is 1.28. The summed E-state index contributed by atoms with van der Waals surface area (Å²) in [5.74, 6) is -0.0178. The van der Waals surface area contributed by atoms with Crippen molar-refractivity contribution in [3.05, 3.63) is 34.9 Å². The number of carbonyl (C=O) groups is 1. The zero-order chi connectivity index (χ0) is 10.6. The van der Waals surface area contributed by atoms with Crippen LogP contribution in [0.2, 0.25) is 0 Å². The quantitative estimate of drug-likeness (QED) is 0.704. The third kappa shape index (κ3) is 2.85. The number of aryl methyl sites for hydroxylation is 2. The standard InChI is InChI=1S/C11H16N2O/c1-8-4-5-10(6-9(8)2)7-11(14)13-12-3/h4-6,12H,7H2,1-3H3,(H,13,14). The van der Waals surface area contributed by atoms with E-state index in [1.165, 1.54) is 11.1 Å². The predicted octanol–water partition coefficient (Wildman–Crippen LogP) is 1.10. The van der Waals surface area contributed by atoms with Gasteiger partial charge >= 0.3 is 0 Å². The summed E-state index contributed by atoms with van der Waals surface area (Å²) in [6.07, 6.45) is 0.419. The second-order valence-corrected chi connectivity index (χ2v) is 3.39. The Balaban J connectivity index is 2.68. The Bertz CT molecular complexity index is 334. The van der Waals surface area contributed by atoms with Crippen molar-refractivity contribution in [1.29, 1.82) is 0 Å². The third-order valence-electron chi connectivity index (χ3n) is 2.20. The summed E-state index contributed by atoms with van der Waals surface area (Å²) < 4.78 is 0. The summed E-state index contributed by atoms with van der Waals surface area (Å²) in [7, 11) is 1.68. The molecule has 1 aromatic rings. The summed E-state index contributed by atoms with van der Waals surface area (Å²) in [4.78, 5) is 11.2. The smallest absolute Gasteiger partial charge is 0.238 e. The van der Waals surface area contributed by atoms with Crippen LogP contribution in [-0.2, 0) is 11.2 Å². The Hall–Kier alpha value is -1.35. The van der Waals surface area contributed by atoms with Crippen molar-refractivity contribution >= 4 is 5.91 Å².